The second-order valence-electron chi connectivity index (χ2n) is 5.22. The maximum atomic E-state index is 10.7. The number of hydrogen-bond donors (Lipinski definition) is 2. The first-order valence-corrected chi connectivity index (χ1v) is 7.09. The molecular weight excluding hydrogens is 280 g/mol. The van der Waals surface area contributed by atoms with Gasteiger partial charge in [-0.25, -0.2) is 14.8 Å². The van der Waals surface area contributed by atoms with Gasteiger partial charge in [-0.3, -0.25) is 4.90 Å². The van der Waals surface area contributed by atoms with Crippen molar-refractivity contribution in [2.24, 2.45) is 0 Å². The number of carbonyl (C=O) groups is 1. The standard InChI is InChI=1S/C16H20N4O2/c1-12(20(2)11-13-6-4-3-5-7-13)8-18-15-10-17-14(9-19-15)16(21)22/h3-7,9-10,12H,8,11H2,1-2H3,(H,18,19)(H,21,22). The largest absolute Gasteiger partial charge is 0.476 e. The normalized spacial score (nSPS) is 12.1. The van der Waals surface area contributed by atoms with E-state index in [1.807, 2.05) is 18.2 Å². The lowest BCUT2D eigenvalue weighted by Crippen LogP contribution is -2.34. The van der Waals surface area contributed by atoms with E-state index < -0.39 is 5.97 Å². The molecule has 116 valence electrons. The summed E-state index contributed by atoms with van der Waals surface area (Å²) < 4.78 is 0. The molecular formula is C16H20N4O2. The first kappa shape index (κ1) is 15.9. The molecule has 2 rings (SSSR count). The highest BCUT2D eigenvalue weighted by Gasteiger charge is 2.10. The Morgan fingerprint density at radius 3 is 2.59 bits per heavy atom. The van der Waals surface area contributed by atoms with Crippen molar-refractivity contribution in [3.8, 4) is 0 Å². The Morgan fingerprint density at radius 1 is 1.27 bits per heavy atom. The highest BCUT2D eigenvalue weighted by molar-refractivity contribution is 5.84. The highest BCUT2D eigenvalue weighted by atomic mass is 16.4. The second kappa shape index (κ2) is 7.51. The number of aromatic nitrogens is 2. The summed E-state index contributed by atoms with van der Waals surface area (Å²) in [7, 11) is 2.07. The molecule has 0 aliphatic carbocycles. The summed E-state index contributed by atoms with van der Waals surface area (Å²) in [5.41, 5.74) is 1.21. The van der Waals surface area contributed by atoms with Gasteiger partial charge >= 0.3 is 5.97 Å². The molecule has 1 heterocycles. The zero-order chi connectivity index (χ0) is 15.9. The number of hydrogen-bond acceptors (Lipinski definition) is 5. The number of anilines is 1. The lowest BCUT2D eigenvalue weighted by Gasteiger charge is -2.25. The lowest BCUT2D eigenvalue weighted by atomic mass is 10.2. The minimum atomic E-state index is -1.07. The number of carboxylic acids is 1. The third kappa shape index (κ3) is 4.53. The average Bonchev–Trinajstić information content (AvgIpc) is 2.53. The zero-order valence-electron chi connectivity index (χ0n) is 12.7. The molecule has 0 aliphatic rings. The molecule has 0 spiro atoms. The first-order valence-electron chi connectivity index (χ1n) is 7.09. The monoisotopic (exact) mass is 300 g/mol. The lowest BCUT2D eigenvalue weighted by molar-refractivity contribution is 0.0690. The molecule has 1 unspecified atom stereocenters. The Bertz CT molecular complexity index is 601. The van der Waals surface area contributed by atoms with Crippen LogP contribution in [0, 0.1) is 0 Å². The fraction of sp³-hybridized carbons (Fsp3) is 0.312. The Morgan fingerprint density at radius 2 is 2.00 bits per heavy atom. The van der Waals surface area contributed by atoms with Crippen LogP contribution >= 0.6 is 0 Å². The summed E-state index contributed by atoms with van der Waals surface area (Å²) in [6.45, 7) is 3.69. The number of benzene rings is 1. The van der Waals surface area contributed by atoms with Gasteiger partial charge in [-0.05, 0) is 19.5 Å². The Balaban J connectivity index is 1.83. The molecule has 2 N–H and O–H groups in total. The molecule has 1 atom stereocenters. The van der Waals surface area contributed by atoms with Crippen molar-refractivity contribution in [1.82, 2.24) is 14.9 Å². The number of likely N-dealkylation sites (N-methyl/N-ethyl adjacent to an activating group) is 1. The molecule has 0 saturated heterocycles. The first-order chi connectivity index (χ1) is 10.6. The van der Waals surface area contributed by atoms with Crippen molar-refractivity contribution >= 4 is 11.8 Å². The minimum absolute atomic E-state index is 0.0557. The van der Waals surface area contributed by atoms with E-state index >= 15 is 0 Å². The van der Waals surface area contributed by atoms with E-state index in [9.17, 15) is 4.79 Å². The molecule has 1 aromatic carbocycles. The number of rotatable bonds is 7. The minimum Gasteiger partial charge on any atom is -0.476 e. The zero-order valence-corrected chi connectivity index (χ0v) is 12.7. The van der Waals surface area contributed by atoms with Crippen molar-refractivity contribution in [2.75, 3.05) is 18.9 Å². The summed E-state index contributed by atoms with van der Waals surface area (Å²) in [6.07, 6.45) is 2.69. The van der Waals surface area contributed by atoms with Gasteiger partial charge in [0, 0.05) is 19.1 Å². The van der Waals surface area contributed by atoms with E-state index in [0.29, 0.717) is 18.4 Å². The predicted octanol–water partition coefficient (Wildman–Crippen LogP) is 2.11. The SMILES string of the molecule is CC(CNc1cnc(C(=O)O)cn1)N(C)Cc1ccccc1. The van der Waals surface area contributed by atoms with Crippen molar-refractivity contribution in [3.63, 3.8) is 0 Å². The van der Waals surface area contributed by atoms with Crippen LogP contribution in [0.2, 0.25) is 0 Å². The molecule has 0 saturated carbocycles. The van der Waals surface area contributed by atoms with Crippen molar-refractivity contribution < 1.29 is 9.90 Å². The van der Waals surface area contributed by atoms with Gasteiger partial charge in [0.15, 0.2) is 5.69 Å². The predicted molar refractivity (Wildman–Crippen MR) is 84.9 cm³/mol. The van der Waals surface area contributed by atoms with Crippen LogP contribution in [0.15, 0.2) is 42.7 Å². The van der Waals surface area contributed by atoms with E-state index in [1.165, 1.54) is 18.0 Å². The summed E-state index contributed by atoms with van der Waals surface area (Å²) >= 11 is 0. The van der Waals surface area contributed by atoms with Gasteiger partial charge in [0.25, 0.3) is 0 Å². The molecule has 6 nitrogen and oxygen atoms in total. The Labute approximate surface area is 129 Å². The molecule has 0 amide bonds. The van der Waals surface area contributed by atoms with Crippen LogP contribution < -0.4 is 5.32 Å². The second-order valence-corrected chi connectivity index (χ2v) is 5.22. The van der Waals surface area contributed by atoms with Crippen LogP contribution in [0.5, 0.6) is 0 Å². The van der Waals surface area contributed by atoms with Gasteiger partial charge in [-0.2, -0.15) is 0 Å². The fourth-order valence-electron chi connectivity index (χ4n) is 1.97. The molecule has 0 radical (unpaired) electrons. The number of nitrogens with one attached hydrogen (secondary N) is 1. The third-order valence-corrected chi connectivity index (χ3v) is 3.48. The van der Waals surface area contributed by atoms with E-state index in [2.05, 4.69) is 46.3 Å². The van der Waals surface area contributed by atoms with E-state index in [4.69, 9.17) is 5.11 Å². The molecule has 6 heteroatoms. The van der Waals surface area contributed by atoms with Gasteiger partial charge < -0.3 is 10.4 Å². The molecule has 0 bridgehead atoms. The van der Waals surface area contributed by atoms with Crippen molar-refractivity contribution in [1.29, 1.82) is 0 Å². The Kier molecular flexibility index (Phi) is 5.43. The van der Waals surface area contributed by atoms with Gasteiger partial charge in [-0.15, -0.1) is 0 Å². The van der Waals surface area contributed by atoms with Crippen LogP contribution in [-0.4, -0.2) is 45.6 Å². The highest BCUT2D eigenvalue weighted by Crippen LogP contribution is 2.07. The topological polar surface area (TPSA) is 78.3 Å². The molecule has 2 aromatic rings. The van der Waals surface area contributed by atoms with E-state index in [0.717, 1.165) is 6.54 Å². The van der Waals surface area contributed by atoms with E-state index in [1.54, 1.807) is 0 Å². The number of carboxylic acid groups (broad SMARTS) is 1. The maximum Gasteiger partial charge on any atom is 0.356 e. The van der Waals surface area contributed by atoms with Crippen LogP contribution in [0.1, 0.15) is 23.0 Å². The summed E-state index contributed by atoms with van der Waals surface area (Å²) in [6, 6.07) is 10.6. The Hall–Kier alpha value is -2.47. The van der Waals surface area contributed by atoms with Crippen LogP contribution in [0.3, 0.4) is 0 Å². The van der Waals surface area contributed by atoms with Gasteiger partial charge in [0.2, 0.25) is 0 Å². The molecule has 22 heavy (non-hydrogen) atoms. The number of aromatic carboxylic acids is 1. The van der Waals surface area contributed by atoms with Crippen molar-refractivity contribution in [3.05, 3.63) is 54.0 Å². The fourth-order valence-corrected chi connectivity index (χ4v) is 1.97. The van der Waals surface area contributed by atoms with Gasteiger partial charge in [0.05, 0.1) is 12.4 Å². The van der Waals surface area contributed by atoms with Crippen molar-refractivity contribution in [2.45, 2.75) is 19.5 Å². The van der Waals surface area contributed by atoms with E-state index in [-0.39, 0.29) is 5.69 Å². The quantitative estimate of drug-likeness (QED) is 0.815. The molecule has 0 aliphatic heterocycles. The van der Waals surface area contributed by atoms with Crippen LogP contribution in [0.4, 0.5) is 5.82 Å². The third-order valence-electron chi connectivity index (χ3n) is 3.48. The molecule has 1 aromatic heterocycles. The summed E-state index contributed by atoms with van der Waals surface area (Å²) in [5, 5.41) is 11.9. The van der Waals surface area contributed by atoms with Gasteiger partial charge in [-0.1, -0.05) is 30.3 Å². The van der Waals surface area contributed by atoms with Crippen LogP contribution in [0.25, 0.3) is 0 Å². The summed E-state index contributed by atoms with van der Waals surface area (Å²) in [4.78, 5) is 20.8. The molecule has 0 fully saturated rings. The summed E-state index contributed by atoms with van der Waals surface area (Å²) in [5.74, 6) is -0.500. The smallest absolute Gasteiger partial charge is 0.356 e. The average molecular weight is 300 g/mol. The van der Waals surface area contributed by atoms with Crippen LogP contribution in [-0.2, 0) is 6.54 Å². The maximum absolute atomic E-state index is 10.7. The van der Waals surface area contributed by atoms with Gasteiger partial charge in [0.1, 0.15) is 5.82 Å². The number of nitrogens with zero attached hydrogens (tertiary/aromatic N) is 3.